The molecule has 0 fully saturated rings. The van der Waals surface area contributed by atoms with Gasteiger partial charge in [-0.3, -0.25) is 9.59 Å². The molecule has 5 nitrogen and oxygen atoms in total. The Morgan fingerprint density at radius 3 is 2.42 bits per heavy atom. The van der Waals surface area contributed by atoms with Crippen molar-refractivity contribution in [3.63, 3.8) is 0 Å². The molecule has 0 radical (unpaired) electrons. The normalized spacial score (nSPS) is 11.1. The van der Waals surface area contributed by atoms with Gasteiger partial charge in [0, 0.05) is 7.05 Å². The zero-order valence-corrected chi connectivity index (χ0v) is 11.9. The van der Waals surface area contributed by atoms with Gasteiger partial charge in [-0.2, -0.15) is 0 Å². The van der Waals surface area contributed by atoms with Crippen molar-refractivity contribution < 1.29 is 9.59 Å². The largest absolute Gasteiger partial charge is 0.346 e. The summed E-state index contributed by atoms with van der Waals surface area (Å²) in [4.78, 5) is 24.4. The average Bonchev–Trinajstić information content (AvgIpc) is 2.43. The molecule has 1 atom stereocenters. The highest BCUT2D eigenvalue weighted by molar-refractivity contribution is 5.85. The van der Waals surface area contributed by atoms with Crippen molar-refractivity contribution in [2.75, 3.05) is 20.1 Å². The third-order valence-corrected chi connectivity index (χ3v) is 2.88. The Kier molecular flexibility index (Phi) is 7.79. The molecule has 2 amide bonds. The summed E-state index contributed by atoms with van der Waals surface area (Å²) in [5, 5.41) is 2.46. The van der Waals surface area contributed by atoms with Gasteiger partial charge in [0.05, 0.1) is 19.1 Å². The van der Waals surface area contributed by atoms with Crippen LogP contribution >= 0.6 is 12.4 Å². The second kappa shape index (κ2) is 8.50. The van der Waals surface area contributed by atoms with Crippen LogP contribution in [0.4, 0.5) is 0 Å². The smallest absolute Gasteiger partial charge is 0.242 e. The third kappa shape index (κ3) is 5.28. The number of nitrogens with zero attached hydrogens (tertiary/aromatic N) is 1. The van der Waals surface area contributed by atoms with Crippen LogP contribution in [0, 0.1) is 0 Å². The van der Waals surface area contributed by atoms with Gasteiger partial charge in [0.25, 0.3) is 0 Å². The maximum atomic E-state index is 11.8. The first-order chi connectivity index (χ1) is 8.56. The second-order valence-electron chi connectivity index (χ2n) is 4.07. The van der Waals surface area contributed by atoms with Crippen LogP contribution in [0.5, 0.6) is 0 Å². The minimum atomic E-state index is -0.330. The Balaban J connectivity index is 0.00000324. The zero-order valence-electron chi connectivity index (χ0n) is 11.1. The number of halogens is 1. The Bertz CT molecular complexity index is 412. The van der Waals surface area contributed by atoms with Crippen LogP contribution in [-0.2, 0) is 9.59 Å². The average molecular weight is 286 g/mol. The minimum Gasteiger partial charge on any atom is -0.346 e. The summed E-state index contributed by atoms with van der Waals surface area (Å²) in [5.41, 5.74) is 6.20. The molecule has 0 aliphatic heterocycles. The van der Waals surface area contributed by atoms with Gasteiger partial charge in [0.15, 0.2) is 0 Å². The molecule has 106 valence electrons. The Morgan fingerprint density at radius 2 is 1.89 bits per heavy atom. The summed E-state index contributed by atoms with van der Waals surface area (Å²) in [6.07, 6.45) is 0. The lowest BCUT2D eigenvalue weighted by Gasteiger charge is -2.25. The lowest BCUT2D eigenvalue weighted by atomic mass is 10.1. The fraction of sp³-hybridized carbons (Fsp3) is 0.385. The molecule has 0 aromatic heterocycles. The topological polar surface area (TPSA) is 75.4 Å². The van der Waals surface area contributed by atoms with Gasteiger partial charge in [0.2, 0.25) is 11.8 Å². The van der Waals surface area contributed by atoms with Crippen molar-refractivity contribution in [1.29, 1.82) is 0 Å². The van der Waals surface area contributed by atoms with Crippen molar-refractivity contribution >= 4 is 24.2 Å². The van der Waals surface area contributed by atoms with Crippen LogP contribution < -0.4 is 11.1 Å². The van der Waals surface area contributed by atoms with E-state index in [-0.39, 0.29) is 43.4 Å². The first-order valence-electron chi connectivity index (χ1n) is 5.83. The van der Waals surface area contributed by atoms with E-state index in [1.165, 1.54) is 0 Å². The molecule has 0 heterocycles. The molecule has 0 spiro atoms. The summed E-state index contributed by atoms with van der Waals surface area (Å²) in [6, 6.07) is 9.69. The molecular weight excluding hydrogens is 266 g/mol. The van der Waals surface area contributed by atoms with Crippen LogP contribution in [0.1, 0.15) is 18.5 Å². The number of nitrogens with one attached hydrogen (secondary N) is 1. The number of rotatable bonds is 5. The molecule has 1 aromatic carbocycles. The molecule has 0 saturated carbocycles. The highest BCUT2D eigenvalue weighted by Crippen LogP contribution is 2.17. The number of likely N-dealkylation sites (N-methyl/N-ethyl adjacent to an activating group) is 1. The van der Waals surface area contributed by atoms with Gasteiger partial charge in [-0.15, -0.1) is 12.4 Å². The van der Waals surface area contributed by atoms with Crippen LogP contribution in [0.25, 0.3) is 0 Å². The van der Waals surface area contributed by atoms with E-state index in [9.17, 15) is 9.59 Å². The third-order valence-electron chi connectivity index (χ3n) is 2.88. The van der Waals surface area contributed by atoms with Crippen molar-refractivity contribution in [2.24, 2.45) is 5.73 Å². The Labute approximate surface area is 119 Å². The van der Waals surface area contributed by atoms with Crippen molar-refractivity contribution in [1.82, 2.24) is 10.2 Å². The quantitative estimate of drug-likeness (QED) is 0.836. The maximum absolute atomic E-state index is 11.8. The van der Waals surface area contributed by atoms with E-state index >= 15 is 0 Å². The van der Waals surface area contributed by atoms with Crippen molar-refractivity contribution in [3.8, 4) is 0 Å². The van der Waals surface area contributed by atoms with Crippen molar-refractivity contribution in [2.45, 2.75) is 13.0 Å². The van der Waals surface area contributed by atoms with E-state index in [0.717, 1.165) is 5.56 Å². The van der Waals surface area contributed by atoms with Crippen LogP contribution in [0.2, 0.25) is 0 Å². The molecule has 1 aromatic rings. The number of carbonyl (C=O) groups excluding carboxylic acids is 2. The monoisotopic (exact) mass is 285 g/mol. The molecule has 6 heteroatoms. The van der Waals surface area contributed by atoms with E-state index < -0.39 is 0 Å². The lowest BCUT2D eigenvalue weighted by molar-refractivity contribution is -0.133. The standard InChI is InChI=1S/C13H19N3O2.ClH/c1-10(11-6-4-3-5-7-11)16(2)13(18)9-15-12(17)8-14;/h3-7,10H,8-9,14H2,1-2H3,(H,15,17);1H. The molecule has 0 bridgehead atoms. The fourth-order valence-electron chi connectivity index (χ4n) is 1.54. The number of hydrogen-bond donors (Lipinski definition) is 2. The van der Waals surface area contributed by atoms with E-state index in [2.05, 4.69) is 5.32 Å². The molecule has 1 rings (SSSR count). The summed E-state index contributed by atoms with van der Waals surface area (Å²) >= 11 is 0. The molecule has 0 saturated heterocycles. The first-order valence-corrected chi connectivity index (χ1v) is 5.83. The predicted octanol–water partition coefficient (Wildman–Crippen LogP) is 0.703. The molecule has 1 unspecified atom stereocenters. The highest BCUT2D eigenvalue weighted by Gasteiger charge is 2.17. The Morgan fingerprint density at radius 1 is 1.32 bits per heavy atom. The zero-order chi connectivity index (χ0) is 13.5. The van der Waals surface area contributed by atoms with E-state index in [4.69, 9.17) is 5.73 Å². The van der Waals surface area contributed by atoms with Gasteiger partial charge in [-0.05, 0) is 12.5 Å². The highest BCUT2D eigenvalue weighted by atomic mass is 35.5. The molecule has 3 N–H and O–H groups in total. The predicted molar refractivity (Wildman–Crippen MR) is 76.9 cm³/mol. The molecule has 0 aliphatic rings. The van der Waals surface area contributed by atoms with Gasteiger partial charge >= 0.3 is 0 Å². The second-order valence-corrected chi connectivity index (χ2v) is 4.07. The number of carbonyl (C=O) groups is 2. The molecule has 19 heavy (non-hydrogen) atoms. The van der Waals surface area contributed by atoms with Gasteiger partial charge in [-0.1, -0.05) is 30.3 Å². The molecule has 0 aliphatic carbocycles. The van der Waals surface area contributed by atoms with E-state index in [0.29, 0.717) is 0 Å². The lowest BCUT2D eigenvalue weighted by Crippen LogP contribution is -2.41. The Hall–Kier alpha value is -1.59. The number of hydrogen-bond acceptors (Lipinski definition) is 3. The van der Waals surface area contributed by atoms with Gasteiger partial charge < -0.3 is 16.0 Å². The summed E-state index contributed by atoms with van der Waals surface area (Å²) in [5.74, 6) is -0.475. The number of amides is 2. The molecular formula is C13H20ClN3O2. The fourth-order valence-corrected chi connectivity index (χ4v) is 1.54. The van der Waals surface area contributed by atoms with Crippen LogP contribution in [0.15, 0.2) is 30.3 Å². The van der Waals surface area contributed by atoms with Gasteiger partial charge in [0.1, 0.15) is 0 Å². The van der Waals surface area contributed by atoms with Crippen LogP contribution in [0.3, 0.4) is 0 Å². The van der Waals surface area contributed by atoms with Gasteiger partial charge in [-0.25, -0.2) is 0 Å². The summed E-state index contributed by atoms with van der Waals surface area (Å²) in [7, 11) is 1.72. The first kappa shape index (κ1) is 17.4. The number of nitrogens with two attached hydrogens (primary N) is 1. The number of benzene rings is 1. The summed E-state index contributed by atoms with van der Waals surface area (Å²) < 4.78 is 0. The minimum absolute atomic E-state index is 0. The van der Waals surface area contributed by atoms with E-state index in [1.54, 1.807) is 11.9 Å². The van der Waals surface area contributed by atoms with E-state index in [1.807, 2.05) is 37.3 Å². The summed E-state index contributed by atoms with van der Waals surface area (Å²) in [6.45, 7) is 1.81. The van der Waals surface area contributed by atoms with Crippen molar-refractivity contribution in [3.05, 3.63) is 35.9 Å². The SMILES string of the molecule is CC(c1ccccc1)N(C)C(=O)CNC(=O)CN.Cl. The maximum Gasteiger partial charge on any atom is 0.242 e. The van der Waals surface area contributed by atoms with Crippen LogP contribution in [-0.4, -0.2) is 36.9 Å².